The number of hydrogen-bond acceptors (Lipinski definition) is 6. The highest BCUT2D eigenvalue weighted by Crippen LogP contribution is 2.25. The second kappa shape index (κ2) is 7.60. The Morgan fingerprint density at radius 3 is 2.95 bits per heavy atom. The molecule has 0 aliphatic rings. The van der Waals surface area contributed by atoms with Crippen LogP contribution < -0.4 is 15.6 Å². The maximum absolute atomic E-state index is 12.2. The van der Waals surface area contributed by atoms with E-state index in [0.717, 1.165) is 18.0 Å². The number of carbonyl (C=O) groups excluding carboxylic acids is 1. The molecule has 0 aliphatic heterocycles. The number of ether oxygens (including phenoxy) is 1. The standard InChI is InChI=1S/C14H16N4O3S/c1-3-21-11-7-5-4-6-10(11)16-13(20)9(2)22-14-17-12(19)8-15-18-14/h4-9H,3H2,1-2H3,(H,16,20)(H,17,18,19)/t9-/m1/s1. The zero-order valence-corrected chi connectivity index (χ0v) is 13.0. The van der Waals surface area contributed by atoms with Gasteiger partial charge < -0.3 is 10.1 Å². The van der Waals surface area contributed by atoms with E-state index in [1.165, 1.54) is 0 Å². The Morgan fingerprint density at radius 1 is 1.45 bits per heavy atom. The second-order valence-corrected chi connectivity index (χ2v) is 5.65. The van der Waals surface area contributed by atoms with Crippen LogP contribution >= 0.6 is 11.8 Å². The minimum atomic E-state index is -0.456. The van der Waals surface area contributed by atoms with E-state index < -0.39 is 5.25 Å². The van der Waals surface area contributed by atoms with E-state index in [4.69, 9.17) is 4.74 Å². The molecule has 0 radical (unpaired) electrons. The third-order valence-electron chi connectivity index (χ3n) is 2.66. The lowest BCUT2D eigenvalue weighted by Gasteiger charge is -2.14. The molecule has 0 spiro atoms. The van der Waals surface area contributed by atoms with Gasteiger partial charge in [0.05, 0.1) is 17.5 Å². The number of carbonyl (C=O) groups is 1. The number of H-pyrrole nitrogens is 1. The van der Waals surface area contributed by atoms with Crippen molar-refractivity contribution in [1.29, 1.82) is 0 Å². The average Bonchev–Trinajstić information content (AvgIpc) is 2.49. The highest BCUT2D eigenvalue weighted by Gasteiger charge is 2.17. The molecule has 7 nitrogen and oxygen atoms in total. The summed E-state index contributed by atoms with van der Waals surface area (Å²) in [6.07, 6.45) is 1.08. The minimum absolute atomic E-state index is 0.219. The summed E-state index contributed by atoms with van der Waals surface area (Å²) in [6.45, 7) is 4.11. The van der Waals surface area contributed by atoms with Gasteiger partial charge in [-0.25, -0.2) is 0 Å². The Kier molecular flexibility index (Phi) is 5.54. The van der Waals surface area contributed by atoms with Crippen LogP contribution in [0.25, 0.3) is 0 Å². The van der Waals surface area contributed by atoms with Crippen molar-refractivity contribution in [3.8, 4) is 5.75 Å². The Labute approximate surface area is 131 Å². The molecule has 0 unspecified atom stereocenters. The van der Waals surface area contributed by atoms with Gasteiger partial charge in [-0.15, -0.1) is 5.10 Å². The van der Waals surface area contributed by atoms with Crippen LogP contribution in [0.4, 0.5) is 5.69 Å². The van der Waals surface area contributed by atoms with Crippen LogP contribution in [0.1, 0.15) is 13.8 Å². The number of aromatic amines is 1. The van der Waals surface area contributed by atoms with Gasteiger partial charge >= 0.3 is 0 Å². The monoisotopic (exact) mass is 320 g/mol. The van der Waals surface area contributed by atoms with Gasteiger partial charge in [-0.3, -0.25) is 14.6 Å². The van der Waals surface area contributed by atoms with Crippen molar-refractivity contribution < 1.29 is 9.53 Å². The van der Waals surface area contributed by atoms with Crippen molar-refractivity contribution in [2.24, 2.45) is 0 Å². The molecule has 1 aromatic carbocycles. The predicted molar refractivity (Wildman–Crippen MR) is 84.2 cm³/mol. The van der Waals surface area contributed by atoms with Gasteiger partial charge in [0.2, 0.25) is 5.91 Å². The van der Waals surface area contributed by atoms with Gasteiger partial charge in [0.1, 0.15) is 11.9 Å². The molecule has 2 aromatic rings. The van der Waals surface area contributed by atoms with Crippen molar-refractivity contribution in [3.63, 3.8) is 0 Å². The Hall–Kier alpha value is -2.35. The zero-order valence-electron chi connectivity index (χ0n) is 12.2. The normalized spacial score (nSPS) is 11.7. The van der Waals surface area contributed by atoms with Gasteiger partial charge in [0.25, 0.3) is 5.56 Å². The molecule has 0 fully saturated rings. The van der Waals surface area contributed by atoms with E-state index in [0.29, 0.717) is 23.2 Å². The number of nitrogens with zero attached hydrogens (tertiary/aromatic N) is 2. The first-order chi connectivity index (χ1) is 10.6. The molecule has 1 aromatic heterocycles. The number of aromatic nitrogens is 3. The molecule has 1 heterocycles. The van der Waals surface area contributed by atoms with Crippen LogP contribution in [0.15, 0.2) is 40.4 Å². The SMILES string of the molecule is CCOc1ccccc1NC(=O)[C@@H](C)Sc1nncc(=O)[nH]1. The molecule has 0 aliphatic carbocycles. The quantitative estimate of drug-likeness (QED) is 0.786. The maximum Gasteiger partial charge on any atom is 0.270 e. The summed E-state index contributed by atoms with van der Waals surface area (Å²) in [7, 11) is 0. The zero-order chi connectivity index (χ0) is 15.9. The first-order valence-corrected chi connectivity index (χ1v) is 7.59. The molecule has 1 amide bonds. The summed E-state index contributed by atoms with van der Waals surface area (Å²) in [5.74, 6) is 0.395. The fourth-order valence-electron chi connectivity index (χ4n) is 1.66. The summed E-state index contributed by atoms with van der Waals surface area (Å²) in [4.78, 5) is 25.9. The summed E-state index contributed by atoms with van der Waals surface area (Å²) >= 11 is 1.12. The van der Waals surface area contributed by atoms with Crippen molar-refractivity contribution >= 4 is 23.4 Å². The summed E-state index contributed by atoms with van der Waals surface area (Å²) in [5, 5.41) is 9.97. The van der Waals surface area contributed by atoms with E-state index in [-0.39, 0.29) is 11.5 Å². The molecule has 8 heteroatoms. The molecule has 0 saturated heterocycles. The van der Waals surface area contributed by atoms with Crippen LogP contribution in [0.3, 0.4) is 0 Å². The predicted octanol–water partition coefficient (Wildman–Crippen LogP) is 1.68. The molecule has 2 N–H and O–H groups in total. The van der Waals surface area contributed by atoms with E-state index in [1.807, 2.05) is 19.1 Å². The van der Waals surface area contributed by atoms with Crippen LogP contribution in [-0.4, -0.2) is 32.9 Å². The summed E-state index contributed by atoms with van der Waals surface area (Å²) < 4.78 is 5.46. The highest BCUT2D eigenvalue weighted by atomic mass is 32.2. The van der Waals surface area contributed by atoms with Crippen molar-refractivity contribution in [2.45, 2.75) is 24.3 Å². The summed E-state index contributed by atoms with van der Waals surface area (Å²) in [6, 6.07) is 7.21. The molecular weight excluding hydrogens is 304 g/mol. The number of amides is 1. The molecule has 1 atom stereocenters. The van der Waals surface area contributed by atoms with E-state index in [1.54, 1.807) is 19.1 Å². The molecule has 0 bridgehead atoms. The van der Waals surface area contributed by atoms with Crippen molar-refractivity contribution in [1.82, 2.24) is 15.2 Å². The highest BCUT2D eigenvalue weighted by molar-refractivity contribution is 8.00. The number of para-hydroxylation sites is 2. The third-order valence-corrected chi connectivity index (χ3v) is 3.63. The minimum Gasteiger partial charge on any atom is -0.492 e. The third kappa shape index (κ3) is 4.32. The first kappa shape index (κ1) is 16.0. The number of nitrogens with one attached hydrogen (secondary N) is 2. The van der Waals surface area contributed by atoms with E-state index in [9.17, 15) is 9.59 Å². The van der Waals surface area contributed by atoms with Gasteiger partial charge in [-0.05, 0) is 26.0 Å². The maximum atomic E-state index is 12.2. The molecule has 0 saturated carbocycles. The second-order valence-electron chi connectivity index (χ2n) is 4.32. The number of benzene rings is 1. The lowest BCUT2D eigenvalue weighted by molar-refractivity contribution is -0.115. The Morgan fingerprint density at radius 2 is 2.23 bits per heavy atom. The number of thioether (sulfide) groups is 1. The van der Waals surface area contributed by atoms with E-state index >= 15 is 0 Å². The fraction of sp³-hybridized carbons (Fsp3) is 0.286. The molecule has 22 heavy (non-hydrogen) atoms. The van der Waals surface area contributed by atoms with Crippen molar-refractivity contribution in [2.75, 3.05) is 11.9 Å². The van der Waals surface area contributed by atoms with Gasteiger partial charge in [-0.1, -0.05) is 23.9 Å². The largest absolute Gasteiger partial charge is 0.492 e. The lowest BCUT2D eigenvalue weighted by atomic mass is 10.3. The molecule has 116 valence electrons. The van der Waals surface area contributed by atoms with Crippen LogP contribution in [0.2, 0.25) is 0 Å². The van der Waals surface area contributed by atoms with Gasteiger partial charge in [-0.2, -0.15) is 5.10 Å². The average molecular weight is 320 g/mol. The fourth-order valence-corrected chi connectivity index (χ4v) is 2.41. The van der Waals surface area contributed by atoms with Crippen LogP contribution in [0, 0.1) is 0 Å². The van der Waals surface area contributed by atoms with Crippen LogP contribution in [-0.2, 0) is 4.79 Å². The van der Waals surface area contributed by atoms with Crippen molar-refractivity contribution in [3.05, 3.63) is 40.8 Å². The number of rotatable bonds is 6. The molecule has 2 rings (SSSR count). The lowest BCUT2D eigenvalue weighted by Crippen LogP contribution is -2.23. The Balaban J connectivity index is 2.04. The van der Waals surface area contributed by atoms with Crippen LogP contribution in [0.5, 0.6) is 5.75 Å². The van der Waals surface area contributed by atoms with Gasteiger partial charge in [0.15, 0.2) is 5.16 Å². The first-order valence-electron chi connectivity index (χ1n) is 6.71. The van der Waals surface area contributed by atoms with Gasteiger partial charge in [0, 0.05) is 0 Å². The number of hydrogen-bond donors (Lipinski definition) is 2. The van der Waals surface area contributed by atoms with E-state index in [2.05, 4.69) is 20.5 Å². The summed E-state index contributed by atoms with van der Waals surface area (Å²) in [5.41, 5.74) is 0.251. The topological polar surface area (TPSA) is 97.0 Å². The molecular formula is C14H16N4O3S. The number of anilines is 1. The Bertz CT molecular complexity index is 704. The smallest absolute Gasteiger partial charge is 0.270 e.